The van der Waals surface area contributed by atoms with Gasteiger partial charge in [-0.25, -0.2) is 4.39 Å². The molecule has 8 heteroatoms. The van der Waals surface area contributed by atoms with Crippen LogP contribution in [0.4, 0.5) is 4.39 Å². The first-order valence-electron chi connectivity index (χ1n) is 9.07. The van der Waals surface area contributed by atoms with E-state index in [1.165, 1.54) is 6.07 Å². The third-order valence-corrected chi connectivity index (χ3v) is 5.57. The zero-order chi connectivity index (χ0) is 19.1. The molecular weight excluding hydrogens is 402 g/mol. The van der Waals surface area contributed by atoms with Gasteiger partial charge in [0.25, 0.3) is 0 Å². The van der Waals surface area contributed by atoms with Gasteiger partial charge in [-0.1, -0.05) is 11.6 Å². The van der Waals surface area contributed by atoms with E-state index in [2.05, 4.69) is 10.2 Å². The van der Waals surface area contributed by atoms with Gasteiger partial charge in [0, 0.05) is 41.2 Å². The molecule has 3 aromatic rings. The second-order valence-electron chi connectivity index (χ2n) is 7.42. The van der Waals surface area contributed by atoms with Crippen molar-refractivity contribution in [2.24, 2.45) is 5.92 Å². The first-order valence-corrected chi connectivity index (χ1v) is 9.45. The van der Waals surface area contributed by atoms with Crippen molar-refractivity contribution in [1.29, 1.82) is 0 Å². The monoisotopic (exact) mass is 424 g/mol. The van der Waals surface area contributed by atoms with E-state index in [1.807, 2.05) is 41.8 Å². The predicted molar refractivity (Wildman–Crippen MR) is 112 cm³/mol. The van der Waals surface area contributed by atoms with Crippen LogP contribution < -0.4 is 0 Å². The van der Waals surface area contributed by atoms with Gasteiger partial charge in [-0.05, 0) is 56.8 Å². The molecule has 1 aliphatic rings. The lowest BCUT2D eigenvalue weighted by atomic mass is 9.95. The smallest absolute Gasteiger partial charge is 0.162 e. The van der Waals surface area contributed by atoms with Crippen LogP contribution in [0.2, 0.25) is 5.02 Å². The number of hydrogen-bond donors (Lipinski definition) is 1. The molecule has 0 bridgehead atoms. The summed E-state index contributed by atoms with van der Waals surface area (Å²) in [6.07, 6.45) is 1.94. The molecule has 2 aromatic heterocycles. The molecule has 1 N–H and O–H groups in total. The molecule has 28 heavy (non-hydrogen) atoms. The minimum Gasteiger partial charge on any atom is -0.507 e. The molecular formula is C20H23Cl2FN4O. The molecule has 0 aliphatic carbocycles. The van der Waals surface area contributed by atoms with Gasteiger partial charge in [0.15, 0.2) is 5.65 Å². The molecule has 1 aliphatic heterocycles. The fraction of sp³-hybridized carbons (Fsp3) is 0.400. The third kappa shape index (κ3) is 3.95. The predicted octanol–water partition coefficient (Wildman–Crippen LogP) is 4.48. The number of likely N-dealkylation sites (tertiary alicyclic amines) is 1. The zero-order valence-electron chi connectivity index (χ0n) is 15.8. The number of hydrogen-bond acceptors (Lipinski definition) is 4. The Balaban J connectivity index is 0.00000225. The van der Waals surface area contributed by atoms with Gasteiger partial charge in [0.2, 0.25) is 0 Å². The topological polar surface area (TPSA) is 54.2 Å². The Bertz CT molecular complexity index is 970. The number of alkyl halides is 1. The number of benzene rings is 1. The van der Waals surface area contributed by atoms with E-state index in [0.29, 0.717) is 29.4 Å². The van der Waals surface area contributed by atoms with E-state index in [0.717, 1.165) is 29.6 Å². The number of aromatic hydroxyl groups is 1. The third-order valence-electron chi connectivity index (χ3n) is 5.35. The van der Waals surface area contributed by atoms with Crippen LogP contribution in [0.25, 0.3) is 22.3 Å². The highest BCUT2D eigenvalue weighted by molar-refractivity contribution is 6.31. The van der Waals surface area contributed by atoms with E-state index in [1.54, 1.807) is 6.07 Å². The molecule has 1 aromatic carbocycles. The second kappa shape index (κ2) is 8.23. The number of aryl methyl sites for hydroxylation is 1. The van der Waals surface area contributed by atoms with Crippen molar-refractivity contribution in [3.8, 4) is 17.0 Å². The van der Waals surface area contributed by atoms with Gasteiger partial charge in [0.1, 0.15) is 11.9 Å². The van der Waals surface area contributed by atoms with Crippen LogP contribution in [-0.4, -0.2) is 51.1 Å². The molecule has 0 saturated carbocycles. The summed E-state index contributed by atoms with van der Waals surface area (Å²) in [4.78, 5) is 2.03. The summed E-state index contributed by atoms with van der Waals surface area (Å²) in [5, 5.41) is 20.3. The van der Waals surface area contributed by atoms with E-state index >= 15 is 0 Å². The molecule has 5 nitrogen and oxygen atoms in total. The van der Waals surface area contributed by atoms with Crippen molar-refractivity contribution in [1.82, 2.24) is 19.7 Å². The van der Waals surface area contributed by atoms with Crippen LogP contribution in [0.5, 0.6) is 5.75 Å². The molecule has 3 heterocycles. The summed E-state index contributed by atoms with van der Waals surface area (Å²) in [7, 11) is 1.95. The number of phenolic OH excluding ortho intramolecular Hbond substituents is 1. The van der Waals surface area contributed by atoms with Crippen molar-refractivity contribution < 1.29 is 9.50 Å². The van der Waals surface area contributed by atoms with E-state index in [4.69, 9.17) is 11.6 Å². The van der Waals surface area contributed by atoms with Crippen LogP contribution in [0.15, 0.2) is 30.5 Å². The number of phenols is 1. The Labute approximate surface area is 174 Å². The lowest BCUT2D eigenvalue weighted by molar-refractivity contribution is 0.0926. The highest BCUT2D eigenvalue weighted by atomic mass is 35.5. The van der Waals surface area contributed by atoms with Crippen LogP contribution in [0.1, 0.15) is 12.0 Å². The Hall–Kier alpha value is -1.89. The lowest BCUT2D eigenvalue weighted by Crippen LogP contribution is -2.40. The number of nitrogens with zero attached hydrogens (tertiary/aromatic N) is 4. The Morgan fingerprint density at radius 2 is 2.07 bits per heavy atom. The molecule has 4 rings (SSSR count). The first-order chi connectivity index (χ1) is 12.9. The van der Waals surface area contributed by atoms with Crippen molar-refractivity contribution >= 4 is 35.0 Å². The highest BCUT2D eigenvalue weighted by Crippen LogP contribution is 2.35. The van der Waals surface area contributed by atoms with Gasteiger partial charge in [-0.3, -0.25) is 0 Å². The summed E-state index contributed by atoms with van der Waals surface area (Å²) >= 11 is 5.99. The van der Waals surface area contributed by atoms with Gasteiger partial charge in [-0.15, -0.1) is 22.6 Å². The number of piperidine rings is 1. The number of halogens is 3. The van der Waals surface area contributed by atoms with E-state index in [-0.39, 0.29) is 24.1 Å². The lowest BCUT2D eigenvalue weighted by Gasteiger charge is -2.32. The normalized spacial score (nSPS) is 20.3. The molecule has 0 radical (unpaired) electrons. The average Bonchev–Trinajstić information content (AvgIpc) is 2.99. The SMILES string of the molecule is Cc1cc(Cl)cc(O)c1-c1cc2ccn(C[C@@H]3CCN(C)C[C@H]3F)c2nn1.Cl. The Kier molecular flexibility index (Phi) is 6.12. The molecule has 150 valence electrons. The van der Waals surface area contributed by atoms with E-state index < -0.39 is 6.17 Å². The van der Waals surface area contributed by atoms with Crippen molar-refractivity contribution in [3.63, 3.8) is 0 Å². The van der Waals surface area contributed by atoms with E-state index in [9.17, 15) is 9.50 Å². The fourth-order valence-electron chi connectivity index (χ4n) is 3.88. The maximum Gasteiger partial charge on any atom is 0.162 e. The van der Waals surface area contributed by atoms with Crippen molar-refractivity contribution in [3.05, 3.63) is 41.0 Å². The molecule has 1 saturated heterocycles. The van der Waals surface area contributed by atoms with Crippen molar-refractivity contribution in [2.75, 3.05) is 20.1 Å². The minimum absolute atomic E-state index is 0. The van der Waals surface area contributed by atoms with Gasteiger partial charge >= 0.3 is 0 Å². The largest absolute Gasteiger partial charge is 0.507 e. The molecule has 0 amide bonds. The molecule has 0 spiro atoms. The maximum atomic E-state index is 14.4. The Morgan fingerprint density at radius 3 is 2.79 bits per heavy atom. The van der Waals surface area contributed by atoms with Crippen LogP contribution in [-0.2, 0) is 6.54 Å². The van der Waals surface area contributed by atoms with Gasteiger partial charge in [-0.2, -0.15) is 0 Å². The summed E-state index contributed by atoms with van der Waals surface area (Å²) in [6.45, 7) is 3.86. The fourth-order valence-corrected chi connectivity index (χ4v) is 4.15. The van der Waals surface area contributed by atoms with Crippen molar-refractivity contribution in [2.45, 2.75) is 26.1 Å². The minimum atomic E-state index is -0.831. The molecule has 2 atom stereocenters. The number of rotatable bonds is 3. The zero-order valence-corrected chi connectivity index (χ0v) is 17.3. The summed E-state index contributed by atoms with van der Waals surface area (Å²) in [6, 6.07) is 7.14. The van der Waals surface area contributed by atoms with Crippen LogP contribution >= 0.6 is 24.0 Å². The first kappa shape index (κ1) is 20.8. The number of fused-ring (bicyclic) bond motifs is 1. The highest BCUT2D eigenvalue weighted by Gasteiger charge is 2.28. The summed E-state index contributed by atoms with van der Waals surface area (Å²) < 4.78 is 16.3. The van der Waals surface area contributed by atoms with Gasteiger partial charge < -0.3 is 14.6 Å². The van der Waals surface area contributed by atoms with Crippen LogP contribution in [0.3, 0.4) is 0 Å². The second-order valence-corrected chi connectivity index (χ2v) is 7.86. The average molecular weight is 425 g/mol. The van der Waals surface area contributed by atoms with Gasteiger partial charge in [0.05, 0.1) is 5.69 Å². The van der Waals surface area contributed by atoms with Crippen LogP contribution in [0, 0.1) is 12.8 Å². The summed E-state index contributed by atoms with van der Waals surface area (Å²) in [5.74, 6) is 0.0699. The molecule has 1 fully saturated rings. The Morgan fingerprint density at radius 1 is 1.29 bits per heavy atom. The summed E-state index contributed by atoms with van der Waals surface area (Å²) in [5.41, 5.74) is 2.78. The number of aromatic nitrogens is 3. The standard InChI is InChI=1S/C20H22ClFN4O.ClH/c1-12-7-15(21)9-18(27)19(12)17-8-13-4-6-26(20(13)24-23-17)10-14-3-5-25(2)11-16(14)22;/h4,6-9,14,16,27H,3,5,10-11H2,1-2H3;1H/t14-,16+;/m0./s1. The quantitative estimate of drug-likeness (QED) is 0.673. The molecule has 0 unspecified atom stereocenters. The maximum absolute atomic E-state index is 14.4.